The fourth-order valence-corrected chi connectivity index (χ4v) is 3.22. The highest BCUT2D eigenvalue weighted by molar-refractivity contribution is 6.30. The summed E-state index contributed by atoms with van der Waals surface area (Å²) >= 11 is 5.96. The number of hydrogen-bond donors (Lipinski definition) is 1. The van der Waals surface area contributed by atoms with Crippen LogP contribution >= 0.6 is 11.6 Å². The molecule has 25 heavy (non-hydrogen) atoms. The number of aliphatic carboxylic acids is 1. The van der Waals surface area contributed by atoms with Crippen LogP contribution in [0.3, 0.4) is 0 Å². The van der Waals surface area contributed by atoms with Gasteiger partial charge in [0.25, 0.3) is 5.91 Å². The van der Waals surface area contributed by atoms with Crippen LogP contribution < -0.4 is 0 Å². The molecule has 1 fully saturated rings. The van der Waals surface area contributed by atoms with E-state index >= 15 is 0 Å². The number of nitrogens with zero attached hydrogens (tertiary/aromatic N) is 1. The van der Waals surface area contributed by atoms with Crippen LogP contribution in [0.5, 0.6) is 0 Å². The molecule has 132 valence electrons. The van der Waals surface area contributed by atoms with Crippen LogP contribution in [0.25, 0.3) is 0 Å². The highest BCUT2D eigenvalue weighted by Gasteiger charge is 2.38. The molecule has 0 bridgehead atoms. The molecule has 0 radical (unpaired) electrons. The van der Waals surface area contributed by atoms with Crippen molar-refractivity contribution in [2.75, 3.05) is 0 Å². The molecule has 1 N–H and O–H groups in total. The minimum absolute atomic E-state index is 0.135. The van der Waals surface area contributed by atoms with E-state index in [9.17, 15) is 9.59 Å². The Morgan fingerprint density at radius 3 is 2.52 bits per heavy atom. The summed E-state index contributed by atoms with van der Waals surface area (Å²) < 4.78 is 5.33. The van der Waals surface area contributed by atoms with Crippen LogP contribution in [0.2, 0.25) is 5.02 Å². The fraction of sp³-hybridized carbons (Fsp3) is 0.368. The molecule has 1 heterocycles. The maximum absolute atomic E-state index is 13.2. The number of amides is 1. The number of furan rings is 1. The first-order valence-electron chi connectivity index (χ1n) is 8.25. The minimum atomic E-state index is -1.02. The summed E-state index contributed by atoms with van der Waals surface area (Å²) in [7, 11) is 0. The van der Waals surface area contributed by atoms with Gasteiger partial charge in [0.1, 0.15) is 12.2 Å². The molecule has 3 rings (SSSR count). The molecule has 2 aromatic rings. The summed E-state index contributed by atoms with van der Waals surface area (Å²) in [5, 5.41) is 9.71. The van der Waals surface area contributed by atoms with Crippen molar-refractivity contribution in [1.82, 2.24) is 4.90 Å². The first kappa shape index (κ1) is 17.5. The molecule has 1 saturated carbocycles. The number of aryl methyl sites for hydroxylation is 1. The first-order valence-corrected chi connectivity index (χ1v) is 8.63. The molecule has 0 saturated heterocycles. The predicted molar refractivity (Wildman–Crippen MR) is 93.8 cm³/mol. The van der Waals surface area contributed by atoms with Crippen LogP contribution in [0.15, 0.2) is 34.9 Å². The Bertz CT molecular complexity index is 792. The number of carbonyl (C=O) groups excluding carboxylic acids is 1. The molecule has 1 aliphatic carbocycles. The lowest BCUT2D eigenvalue weighted by atomic mass is 10.0. The summed E-state index contributed by atoms with van der Waals surface area (Å²) in [6, 6.07) is 7.48. The highest BCUT2D eigenvalue weighted by Crippen LogP contribution is 2.37. The Morgan fingerprint density at radius 1 is 1.32 bits per heavy atom. The number of carboxylic acids is 1. The fourth-order valence-electron chi connectivity index (χ4n) is 3.09. The van der Waals surface area contributed by atoms with E-state index < -0.39 is 5.97 Å². The van der Waals surface area contributed by atoms with Gasteiger partial charge in [-0.25, -0.2) is 0 Å². The summed E-state index contributed by atoms with van der Waals surface area (Å²) in [5.41, 5.74) is 2.02. The second-order valence-electron chi connectivity index (χ2n) is 6.46. The highest BCUT2D eigenvalue weighted by atomic mass is 35.5. The van der Waals surface area contributed by atoms with Crippen molar-refractivity contribution in [2.24, 2.45) is 0 Å². The largest absolute Gasteiger partial charge is 0.481 e. The van der Waals surface area contributed by atoms with Crippen LogP contribution in [0, 0.1) is 6.92 Å². The Kier molecular flexibility index (Phi) is 4.86. The second-order valence-corrected chi connectivity index (χ2v) is 6.89. The molecule has 1 aliphatic rings. The summed E-state index contributed by atoms with van der Waals surface area (Å²) in [5.74, 6) is -0.983. The molecule has 5 nitrogen and oxygen atoms in total. The number of carboxylic acid groups (broad SMARTS) is 1. The maximum atomic E-state index is 13.2. The average Bonchev–Trinajstić information content (AvgIpc) is 3.31. The normalized spacial score (nSPS) is 15.0. The van der Waals surface area contributed by atoms with Crippen molar-refractivity contribution >= 4 is 23.5 Å². The first-order chi connectivity index (χ1) is 11.9. The maximum Gasteiger partial charge on any atom is 0.311 e. The third-order valence-electron chi connectivity index (χ3n) is 4.52. The minimum Gasteiger partial charge on any atom is -0.481 e. The van der Waals surface area contributed by atoms with Gasteiger partial charge in [0.2, 0.25) is 0 Å². The van der Waals surface area contributed by atoms with Crippen molar-refractivity contribution in [3.05, 3.63) is 58.0 Å². The van der Waals surface area contributed by atoms with E-state index in [4.69, 9.17) is 21.1 Å². The van der Waals surface area contributed by atoms with Crippen LogP contribution in [0.1, 0.15) is 53.1 Å². The summed E-state index contributed by atoms with van der Waals surface area (Å²) in [6.07, 6.45) is 3.05. The van der Waals surface area contributed by atoms with Gasteiger partial charge in [0.05, 0.1) is 17.9 Å². The molecule has 1 atom stereocenters. The third-order valence-corrected chi connectivity index (χ3v) is 4.77. The SMILES string of the molecule is Cc1coc(CC(=O)O)c1C(=O)N(C1CC1)C(C)c1ccc(Cl)cc1. The van der Waals surface area contributed by atoms with E-state index in [2.05, 4.69) is 0 Å². The molecular weight excluding hydrogens is 342 g/mol. The zero-order valence-corrected chi connectivity index (χ0v) is 14.9. The van der Waals surface area contributed by atoms with Gasteiger partial charge in [0, 0.05) is 16.6 Å². The number of carbonyl (C=O) groups is 2. The lowest BCUT2D eigenvalue weighted by Gasteiger charge is -2.30. The Labute approximate surface area is 151 Å². The molecule has 0 aliphatic heterocycles. The van der Waals surface area contributed by atoms with E-state index in [0.29, 0.717) is 16.1 Å². The van der Waals surface area contributed by atoms with Crippen LogP contribution in [-0.2, 0) is 11.2 Å². The van der Waals surface area contributed by atoms with Crippen molar-refractivity contribution in [2.45, 2.75) is 45.2 Å². The Morgan fingerprint density at radius 2 is 1.96 bits per heavy atom. The molecular formula is C19H20ClNO4. The zero-order valence-electron chi connectivity index (χ0n) is 14.2. The van der Waals surface area contributed by atoms with E-state index in [1.807, 2.05) is 36.1 Å². The number of benzene rings is 1. The van der Waals surface area contributed by atoms with Gasteiger partial charge in [0.15, 0.2) is 0 Å². The predicted octanol–water partition coefficient (Wildman–Crippen LogP) is 4.23. The third kappa shape index (κ3) is 3.71. The molecule has 1 unspecified atom stereocenters. The van der Waals surface area contributed by atoms with Gasteiger partial charge in [-0.3, -0.25) is 9.59 Å². The topological polar surface area (TPSA) is 70.7 Å². The van der Waals surface area contributed by atoms with Gasteiger partial charge in [-0.05, 0) is 44.4 Å². The van der Waals surface area contributed by atoms with Gasteiger partial charge in [-0.15, -0.1) is 0 Å². The average molecular weight is 362 g/mol. The Hall–Kier alpha value is -2.27. The van der Waals surface area contributed by atoms with Gasteiger partial charge in [-0.2, -0.15) is 0 Å². The van der Waals surface area contributed by atoms with Gasteiger partial charge >= 0.3 is 5.97 Å². The lowest BCUT2D eigenvalue weighted by Crippen LogP contribution is -2.36. The van der Waals surface area contributed by atoms with Gasteiger partial charge in [-0.1, -0.05) is 23.7 Å². The number of hydrogen-bond acceptors (Lipinski definition) is 3. The number of halogens is 1. The van der Waals surface area contributed by atoms with E-state index in [0.717, 1.165) is 18.4 Å². The molecule has 1 aromatic carbocycles. The van der Waals surface area contributed by atoms with E-state index in [1.54, 1.807) is 6.92 Å². The van der Waals surface area contributed by atoms with E-state index in [1.165, 1.54) is 6.26 Å². The molecule has 0 spiro atoms. The monoisotopic (exact) mass is 361 g/mol. The second kappa shape index (κ2) is 6.92. The van der Waals surface area contributed by atoms with Gasteiger partial charge < -0.3 is 14.4 Å². The Balaban J connectivity index is 1.93. The van der Waals surface area contributed by atoms with Crippen molar-refractivity contribution < 1.29 is 19.1 Å². The van der Waals surface area contributed by atoms with Crippen molar-refractivity contribution in [3.8, 4) is 0 Å². The number of rotatable bonds is 6. The quantitative estimate of drug-likeness (QED) is 0.835. The summed E-state index contributed by atoms with van der Waals surface area (Å²) in [4.78, 5) is 26.1. The van der Waals surface area contributed by atoms with Crippen molar-refractivity contribution in [1.29, 1.82) is 0 Å². The molecule has 6 heteroatoms. The van der Waals surface area contributed by atoms with Crippen LogP contribution in [0.4, 0.5) is 0 Å². The lowest BCUT2D eigenvalue weighted by molar-refractivity contribution is -0.136. The van der Waals surface area contributed by atoms with Crippen LogP contribution in [-0.4, -0.2) is 27.9 Å². The van der Waals surface area contributed by atoms with E-state index in [-0.39, 0.29) is 30.2 Å². The standard InChI is InChI=1S/C19H20ClNO4/c1-11-10-25-16(9-17(22)23)18(11)19(24)21(15-7-8-15)12(2)13-3-5-14(20)6-4-13/h3-6,10,12,15H,7-9H2,1-2H3,(H,22,23). The van der Waals surface area contributed by atoms with Crippen molar-refractivity contribution in [3.63, 3.8) is 0 Å². The molecule has 1 amide bonds. The smallest absolute Gasteiger partial charge is 0.311 e. The zero-order chi connectivity index (χ0) is 18.1. The summed E-state index contributed by atoms with van der Waals surface area (Å²) in [6.45, 7) is 3.74. The molecule has 1 aromatic heterocycles.